The van der Waals surface area contributed by atoms with Gasteiger partial charge >= 0.3 is 0 Å². The molecule has 1 nitrogen and oxygen atoms in total. The number of hydrogen-bond acceptors (Lipinski definition) is 2. The molecule has 0 radical (unpaired) electrons. The molecule has 0 aliphatic carbocycles. The summed E-state index contributed by atoms with van der Waals surface area (Å²) in [6, 6.07) is 0. The fraction of sp³-hybridized carbons (Fsp3) is 0.500. The van der Waals surface area contributed by atoms with E-state index in [4.69, 9.17) is 11.6 Å². The van der Waals surface area contributed by atoms with Crippen molar-refractivity contribution in [2.24, 2.45) is 0 Å². The van der Waals surface area contributed by atoms with E-state index >= 15 is 0 Å². The molecular formula is C6H8ClNS. The topological polar surface area (TPSA) is 12.9 Å². The standard InChI is InChI=1S/C6H8ClNS/c7-3-1-2-6-8-4-5-9-6/h4-5H,1-3H2. The predicted octanol–water partition coefficient (Wildman–Crippen LogP) is 2.31. The molecule has 1 heterocycles. The summed E-state index contributed by atoms with van der Waals surface area (Å²) in [5, 5.41) is 3.18. The summed E-state index contributed by atoms with van der Waals surface area (Å²) in [6.45, 7) is 0. The molecule has 50 valence electrons. The Morgan fingerprint density at radius 2 is 2.56 bits per heavy atom. The molecule has 3 heteroatoms. The van der Waals surface area contributed by atoms with Crippen LogP contribution in [0.5, 0.6) is 0 Å². The average Bonchev–Trinajstić information content (AvgIpc) is 2.34. The maximum atomic E-state index is 5.50. The van der Waals surface area contributed by atoms with E-state index in [2.05, 4.69) is 4.98 Å². The third kappa shape index (κ3) is 2.33. The van der Waals surface area contributed by atoms with E-state index in [9.17, 15) is 0 Å². The second kappa shape index (κ2) is 3.85. The van der Waals surface area contributed by atoms with Gasteiger partial charge in [0.1, 0.15) is 0 Å². The minimum atomic E-state index is 0.736. The van der Waals surface area contributed by atoms with Crippen LogP contribution in [0, 0.1) is 0 Å². The van der Waals surface area contributed by atoms with Gasteiger partial charge in [0.05, 0.1) is 5.01 Å². The molecule has 0 aliphatic rings. The third-order valence-corrected chi connectivity index (χ3v) is 2.11. The van der Waals surface area contributed by atoms with Crippen LogP contribution in [0.15, 0.2) is 11.6 Å². The lowest BCUT2D eigenvalue weighted by Crippen LogP contribution is -1.82. The first-order valence-electron chi connectivity index (χ1n) is 2.88. The zero-order valence-corrected chi connectivity index (χ0v) is 6.58. The van der Waals surface area contributed by atoms with Crippen molar-refractivity contribution in [3.63, 3.8) is 0 Å². The van der Waals surface area contributed by atoms with Crippen LogP contribution >= 0.6 is 22.9 Å². The number of halogens is 1. The van der Waals surface area contributed by atoms with Crippen LogP contribution in [0.2, 0.25) is 0 Å². The largest absolute Gasteiger partial charge is 0.250 e. The van der Waals surface area contributed by atoms with Crippen LogP contribution in [0.4, 0.5) is 0 Å². The molecule has 0 saturated heterocycles. The second-order valence-corrected chi connectivity index (χ2v) is 3.08. The lowest BCUT2D eigenvalue weighted by molar-refractivity contribution is 0.915. The molecule has 0 aromatic carbocycles. The molecule has 0 atom stereocenters. The SMILES string of the molecule is ClCCCc1nccs1. The predicted molar refractivity (Wildman–Crippen MR) is 41.2 cm³/mol. The molecule has 1 aromatic rings. The molecule has 0 spiro atoms. The fourth-order valence-electron chi connectivity index (χ4n) is 0.594. The Hall–Kier alpha value is -0.0800. The van der Waals surface area contributed by atoms with Crippen molar-refractivity contribution in [1.82, 2.24) is 4.98 Å². The monoisotopic (exact) mass is 161 g/mol. The second-order valence-electron chi connectivity index (χ2n) is 1.72. The summed E-state index contributed by atoms with van der Waals surface area (Å²) in [6.07, 6.45) is 3.89. The number of hydrogen-bond donors (Lipinski definition) is 0. The van der Waals surface area contributed by atoms with Gasteiger partial charge < -0.3 is 0 Å². The maximum Gasteiger partial charge on any atom is 0.0925 e. The van der Waals surface area contributed by atoms with Crippen molar-refractivity contribution in [3.8, 4) is 0 Å². The van der Waals surface area contributed by atoms with Gasteiger partial charge in [0.2, 0.25) is 0 Å². The molecule has 0 bridgehead atoms. The first-order valence-corrected chi connectivity index (χ1v) is 4.29. The van der Waals surface area contributed by atoms with Crippen molar-refractivity contribution < 1.29 is 0 Å². The van der Waals surface area contributed by atoms with Crippen molar-refractivity contribution >= 4 is 22.9 Å². The summed E-state index contributed by atoms with van der Waals surface area (Å²) in [5.41, 5.74) is 0. The Labute approximate surface area is 63.7 Å². The summed E-state index contributed by atoms with van der Waals surface area (Å²) in [5.74, 6) is 0.736. The zero-order valence-electron chi connectivity index (χ0n) is 5.01. The Balaban J connectivity index is 2.30. The van der Waals surface area contributed by atoms with Crippen molar-refractivity contribution in [1.29, 1.82) is 0 Å². The molecule has 0 unspecified atom stereocenters. The average molecular weight is 162 g/mol. The highest BCUT2D eigenvalue weighted by molar-refractivity contribution is 7.09. The van der Waals surface area contributed by atoms with Gasteiger partial charge in [0.15, 0.2) is 0 Å². The van der Waals surface area contributed by atoms with E-state index in [0.717, 1.165) is 18.7 Å². The van der Waals surface area contributed by atoms with Crippen molar-refractivity contribution in [3.05, 3.63) is 16.6 Å². The Morgan fingerprint density at radius 1 is 1.67 bits per heavy atom. The Bertz CT molecular complexity index is 150. The highest BCUT2D eigenvalue weighted by atomic mass is 35.5. The number of aromatic nitrogens is 1. The van der Waals surface area contributed by atoms with Gasteiger partial charge in [0.25, 0.3) is 0 Å². The van der Waals surface area contributed by atoms with E-state index in [1.807, 2.05) is 11.6 Å². The Morgan fingerprint density at radius 3 is 3.11 bits per heavy atom. The molecule has 0 N–H and O–H groups in total. The number of nitrogens with zero attached hydrogens (tertiary/aromatic N) is 1. The van der Waals surface area contributed by atoms with Crippen molar-refractivity contribution in [2.45, 2.75) is 12.8 Å². The summed E-state index contributed by atoms with van der Waals surface area (Å²) < 4.78 is 0. The van der Waals surface area contributed by atoms with Gasteiger partial charge in [-0.05, 0) is 6.42 Å². The molecular weight excluding hydrogens is 154 g/mol. The zero-order chi connectivity index (χ0) is 6.53. The highest BCUT2D eigenvalue weighted by Crippen LogP contribution is 2.06. The van der Waals surface area contributed by atoms with E-state index in [1.54, 1.807) is 11.3 Å². The van der Waals surface area contributed by atoms with E-state index in [1.165, 1.54) is 5.01 Å². The van der Waals surface area contributed by atoms with E-state index in [0.29, 0.717) is 0 Å². The van der Waals surface area contributed by atoms with Crippen LogP contribution < -0.4 is 0 Å². The number of aryl methyl sites for hydroxylation is 1. The maximum absolute atomic E-state index is 5.50. The molecule has 0 aliphatic heterocycles. The van der Waals surface area contributed by atoms with Gasteiger partial charge in [-0.25, -0.2) is 4.98 Å². The molecule has 1 aromatic heterocycles. The number of alkyl halides is 1. The summed E-state index contributed by atoms with van der Waals surface area (Å²) >= 11 is 7.19. The third-order valence-electron chi connectivity index (χ3n) is 1.01. The minimum Gasteiger partial charge on any atom is -0.250 e. The Kier molecular flexibility index (Phi) is 3.01. The highest BCUT2D eigenvalue weighted by Gasteiger charge is 1.92. The molecule has 0 amide bonds. The van der Waals surface area contributed by atoms with Crippen molar-refractivity contribution in [2.75, 3.05) is 5.88 Å². The van der Waals surface area contributed by atoms with Gasteiger partial charge in [-0.2, -0.15) is 0 Å². The van der Waals surface area contributed by atoms with Gasteiger partial charge in [0, 0.05) is 23.9 Å². The lowest BCUT2D eigenvalue weighted by Gasteiger charge is -1.88. The summed E-state index contributed by atoms with van der Waals surface area (Å²) in [4.78, 5) is 4.11. The summed E-state index contributed by atoms with van der Waals surface area (Å²) in [7, 11) is 0. The number of rotatable bonds is 3. The smallest absolute Gasteiger partial charge is 0.0925 e. The van der Waals surface area contributed by atoms with Gasteiger partial charge in [-0.3, -0.25) is 0 Å². The molecule has 0 saturated carbocycles. The first-order chi connectivity index (χ1) is 4.43. The normalized spacial score (nSPS) is 9.89. The van der Waals surface area contributed by atoms with Crippen LogP contribution in [-0.4, -0.2) is 10.9 Å². The fourth-order valence-corrected chi connectivity index (χ4v) is 1.39. The molecule has 9 heavy (non-hydrogen) atoms. The lowest BCUT2D eigenvalue weighted by atomic mass is 10.4. The van der Waals surface area contributed by atoms with Crippen LogP contribution in [0.1, 0.15) is 11.4 Å². The van der Waals surface area contributed by atoms with Crippen LogP contribution in [-0.2, 0) is 6.42 Å². The number of thiazole rings is 1. The van der Waals surface area contributed by atoms with Crippen LogP contribution in [0.25, 0.3) is 0 Å². The van der Waals surface area contributed by atoms with E-state index < -0.39 is 0 Å². The quantitative estimate of drug-likeness (QED) is 0.620. The van der Waals surface area contributed by atoms with E-state index in [-0.39, 0.29) is 0 Å². The van der Waals surface area contributed by atoms with Gasteiger partial charge in [-0.15, -0.1) is 22.9 Å². The van der Waals surface area contributed by atoms with Crippen LogP contribution in [0.3, 0.4) is 0 Å². The molecule has 1 rings (SSSR count). The minimum absolute atomic E-state index is 0.736. The molecule has 0 fully saturated rings. The first kappa shape index (κ1) is 7.03. The van der Waals surface area contributed by atoms with Gasteiger partial charge in [-0.1, -0.05) is 0 Å².